The highest BCUT2D eigenvalue weighted by atomic mass is 16.6. The zero-order valence-electron chi connectivity index (χ0n) is 5.60. The Balaban J connectivity index is 2.15. The predicted molar refractivity (Wildman–Crippen MR) is 36.9 cm³/mol. The second-order valence-corrected chi connectivity index (χ2v) is 2.16. The van der Waals surface area contributed by atoms with E-state index in [1.54, 1.807) is 0 Å². The lowest BCUT2D eigenvalue weighted by molar-refractivity contribution is 0.0471. The third-order valence-corrected chi connectivity index (χ3v) is 1.34. The minimum absolute atomic E-state index is 0.847. The number of hydrogen-bond acceptors (Lipinski definition) is 2. The van der Waals surface area contributed by atoms with Crippen molar-refractivity contribution in [1.29, 1.82) is 0 Å². The van der Waals surface area contributed by atoms with Gasteiger partial charge in [-0.05, 0) is 19.3 Å². The van der Waals surface area contributed by atoms with Gasteiger partial charge in [0.25, 0.3) is 0 Å². The molecule has 0 saturated carbocycles. The average Bonchev–Trinajstić information content (AvgIpc) is 2.00. The minimum atomic E-state index is 0.847. The molecule has 2 heteroatoms. The number of hydrogen-bond donors (Lipinski definition) is 1. The molecule has 0 aromatic carbocycles. The van der Waals surface area contributed by atoms with Crippen molar-refractivity contribution in [3.05, 3.63) is 12.2 Å². The average molecular weight is 127 g/mol. The maximum Gasteiger partial charge on any atom is 0.0682 e. The zero-order chi connectivity index (χ0) is 6.36. The maximum absolute atomic E-state index is 5.05. The normalized spacial score (nSPS) is 25.8. The first kappa shape index (κ1) is 6.78. The Morgan fingerprint density at radius 2 is 2.22 bits per heavy atom. The SMILES string of the molecule is C1=C\CNOCCCC/1. The molecular formula is C7H13NO. The molecule has 0 fully saturated rings. The Morgan fingerprint density at radius 3 is 3.22 bits per heavy atom. The summed E-state index contributed by atoms with van der Waals surface area (Å²) in [6, 6.07) is 0. The minimum Gasteiger partial charge on any atom is -0.302 e. The van der Waals surface area contributed by atoms with E-state index in [0.29, 0.717) is 0 Å². The van der Waals surface area contributed by atoms with Gasteiger partial charge in [0.05, 0.1) is 6.61 Å². The van der Waals surface area contributed by atoms with Gasteiger partial charge in [-0.25, -0.2) is 0 Å². The first-order valence-corrected chi connectivity index (χ1v) is 3.50. The van der Waals surface area contributed by atoms with E-state index in [1.807, 2.05) is 0 Å². The first-order chi connectivity index (χ1) is 4.50. The van der Waals surface area contributed by atoms with Crippen molar-refractivity contribution in [3.8, 4) is 0 Å². The van der Waals surface area contributed by atoms with Gasteiger partial charge < -0.3 is 4.84 Å². The van der Waals surface area contributed by atoms with E-state index in [0.717, 1.165) is 19.6 Å². The van der Waals surface area contributed by atoms with Gasteiger partial charge in [0, 0.05) is 6.54 Å². The van der Waals surface area contributed by atoms with Crippen molar-refractivity contribution in [1.82, 2.24) is 5.48 Å². The Hall–Kier alpha value is -0.340. The summed E-state index contributed by atoms with van der Waals surface area (Å²) in [7, 11) is 0. The summed E-state index contributed by atoms with van der Waals surface area (Å²) in [5.74, 6) is 0. The molecule has 52 valence electrons. The van der Waals surface area contributed by atoms with Crippen molar-refractivity contribution in [2.45, 2.75) is 19.3 Å². The molecule has 1 N–H and O–H groups in total. The second kappa shape index (κ2) is 4.53. The topological polar surface area (TPSA) is 21.3 Å². The Labute approximate surface area is 55.9 Å². The largest absolute Gasteiger partial charge is 0.302 e. The molecule has 0 aromatic heterocycles. The van der Waals surface area contributed by atoms with Crippen LogP contribution in [0.15, 0.2) is 12.2 Å². The highest BCUT2D eigenvalue weighted by Crippen LogP contribution is 1.97. The summed E-state index contributed by atoms with van der Waals surface area (Å²) in [4.78, 5) is 5.05. The molecule has 0 atom stereocenters. The molecule has 2 nitrogen and oxygen atoms in total. The second-order valence-electron chi connectivity index (χ2n) is 2.16. The van der Waals surface area contributed by atoms with Crippen LogP contribution in [0.1, 0.15) is 19.3 Å². The van der Waals surface area contributed by atoms with Crippen molar-refractivity contribution < 1.29 is 4.84 Å². The van der Waals surface area contributed by atoms with Gasteiger partial charge in [0.2, 0.25) is 0 Å². The van der Waals surface area contributed by atoms with E-state index in [2.05, 4.69) is 17.6 Å². The summed E-state index contributed by atoms with van der Waals surface area (Å²) in [6.07, 6.45) is 7.91. The Morgan fingerprint density at radius 1 is 1.22 bits per heavy atom. The lowest BCUT2D eigenvalue weighted by atomic mass is 10.2. The number of nitrogens with one attached hydrogen (secondary N) is 1. The Bertz CT molecular complexity index is 80.9. The summed E-state index contributed by atoms with van der Waals surface area (Å²) in [5, 5.41) is 0. The van der Waals surface area contributed by atoms with E-state index in [1.165, 1.54) is 12.8 Å². The fourth-order valence-electron chi connectivity index (χ4n) is 0.817. The molecule has 0 amide bonds. The molecule has 1 aliphatic heterocycles. The molecule has 0 radical (unpaired) electrons. The third-order valence-electron chi connectivity index (χ3n) is 1.34. The number of hydroxylamine groups is 1. The van der Waals surface area contributed by atoms with Crippen molar-refractivity contribution >= 4 is 0 Å². The number of rotatable bonds is 0. The van der Waals surface area contributed by atoms with Crippen LogP contribution in [0.2, 0.25) is 0 Å². The standard InChI is InChI=1S/C7H13NO/c1-2-4-6-8-9-7-5-3-1/h2,4,8H,1,3,5-7H2/b4-2-. The molecule has 0 aromatic rings. The van der Waals surface area contributed by atoms with Gasteiger partial charge in [-0.2, -0.15) is 5.48 Å². The smallest absolute Gasteiger partial charge is 0.0682 e. The van der Waals surface area contributed by atoms with Gasteiger partial charge in [-0.1, -0.05) is 12.2 Å². The molecule has 0 bridgehead atoms. The molecule has 0 spiro atoms. The van der Waals surface area contributed by atoms with Crippen LogP contribution in [-0.4, -0.2) is 13.2 Å². The molecular weight excluding hydrogens is 114 g/mol. The quantitative estimate of drug-likeness (QED) is 0.494. The van der Waals surface area contributed by atoms with Gasteiger partial charge >= 0.3 is 0 Å². The van der Waals surface area contributed by atoms with Crippen molar-refractivity contribution in [2.75, 3.05) is 13.2 Å². The molecule has 9 heavy (non-hydrogen) atoms. The zero-order valence-corrected chi connectivity index (χ0v) is 5.60. The molecule has 1 rings (SSSR count). The van der Waals surface area contributed by atoms with E-state index in [9.17, 15) is 0 Å². The lowest BCUT2D eigenvalue weighted by Crippen LogP contribution is -2.14. The summed E-state index contributed by atoms with van der Waals surface area (Å²) in [6.45, 7) is 1.70. The molecule has 0 saturated heterocycles. The lowest BCUT2D eigenvalue weighted by Gasteiger charge is -1.99. The fourth-order valence-corrected chi connectivity index (χ4v) is 0.817. The van der Waals surface area contributed by atoms with Gasteiger partial charge in [0.15, 0.2) is 0 Å². The van der Waals surface area contributed by atoms with Crippen LogP contribution in [0.5, 0.6) is 0 Å². The van der Waals surface area contributed by atoms with Crippen molar-refractivity contribution in [3.63, 3.8) is 0 Å². The molecule has 1 heterocycles. The van der Waals surface area contributed by atoms with Crippen LogP contribution in [0.4, 0.5) is 0 Å². The van der Waals surface area contributed by atoms with Crippen LogP contribution >= 0.6 is 0 Å². The predicted octanol–water partition coefficient (Wildman–Crippen LogP) is 1.25. The molecule has 0 unspecified atom stereocenters. The van der Waals surface area contributed by atoms with E-state index in [-0.39, 0.29) is 0 Å². The summed E-state index contributed by atoms with van der Waals surface area (Å²) >= 11 is 0. The monoisotopic (exact) mass is 127 g/mol. The molecule has 0 aliphatic carbocycles. The van der Waals surface area contributed by atoms with Crippen LogP contribution in [0, 0.1) is 0 Å². The Kier molecular flexibility index (Phi) is 3.41. The van der Waals surface area contributed by atoms with Gasteiger partial charge in [0.1, 0.15) is 0 Å². The van der Waals surface area contributed by atoms with Gasteiger partial charge in [-0.3, -0.25) is 0 Å². The van der Waals surface area contributed by atoms with Crippen LogP contribution < -0.4 is 5.48 Å². The summed E-state index contributed by atoms with van der Waals surface area (Å²) < 4.78 is 0. The van der Waals surface area contributed by atoms with Crippen LogP contribution in [0.3, 0.4) is 0 Å². The van der Waals surface area contributed by atoms with E-state index >= 15 is 0 Å². The van der Waals surface area contributed by atoms with Crippen LogP contribution in [0.25, 0.3) is 0 Å². The van der Waals surface area contributed by atoms with Crippen LogP contribution in [-0.2, 0) is 4.84 Å². The van der Waals surface area contributed by atoms with Gasteiger partial charge in [-0.15, -0.1) is 0 Å². The molecule has 1 aliphatic rings. The van der Waals surface area contributed by atoms with E-state index in [4.69, 9.17) is 4.84 Å². The van der Waals surface area contributed by atoms with Crippen molar-refractivity contribution in [2.24, 2.45) is 0 Å². The maximum atomic E-state index is 5.05. The first-order valence-electron chi connectivity index (χ1n) is 3.50. The van der Waals surface area contributed by atoms with E-state index < -0.39 is 0 Å². The highest BCUT2D eigenvalue weighted by Gasteiger charge is 1.89. The third kappa shape index (κ3) is 3.27. The fraction of sp³-hybridized carbons (Fsp3) is 0.714. The highest BCUT2D eigenvalue weighted by molar-refractivity contribution is 4.82. The summed E-state index contributed by atoms with van der Waals surface area (Å²) in [5.41, 5.74) is 2.84. The number of allylic oxidation sites excluding steroid dienone is 1.